The molecule has 130 valence electrons. The van der Waals surface area contributed by atoms with Crippen LogP contribution in [-0.2, 0) is 17.6 Å². The van der Waals surface area contributed by atoms with Crippen LogP contribution in [-0.4, -0.2) is 64.7 Å². The molecule has 0 spiro atoms. The van der Waals surface area contributed by atoms with E-state index in [2.05, 4.69) is 27.5 Å². The van der Waals surface area contributed by atoms with Gasteiger partial charge >= 0.3 is 0 Å². The predicted molar refractivity (Wildman–Crippen MR) is 94.7 cm³/mol. The lowest BCUT2D eigenvalue weighted by Gasteiger charge is -2.42. The quantitative estimate of drug-likeness (QED) is 0.796. The van der Waals surface area contributed by atoms with Gasteiger partial charge in [-0.05, 0) is 13.0 Å². The molecule has 1 amide bonds. The number of fused-ring (bicyclic) bond motifs is 2. The standard InChI is InChI=1S/C18H22N6O/c25-18(22-9-1-2-10-22)13-11-23(12-13)17-14-3-6-19-7-4-15(14)21-16-5-8-20-24(16)17/h1-2,5,8,13,19H,3-4,6-7,9-12H2. The number of carbonyl (C=O) groups is 1. The van der Waals surface area contributed by atoms with Crippen molar-refractivity contribution in [3.63, 3.8) is 0 Å². The molecular formula is C18H22N6O. The summed E-state index contributed by atoms with van der Waals surface area (Å²) in [5.41, 5.74) is 3.36. The highest BCUT2D eigenvalue weighted by atomic mass is 16.2. The van der Waals surface area contributed by atoms with Gasteiger partial charge in [0.1, 0.15) is 5.82 Å². The smallest absolute Gasteiger partial charge is 0.229 e. The maximum Gasteiger partial charge on any atom is 0.229 e. The van der Waals surface area contributed by atoms with Crippen LogP contribution in [0.4, 0.5) is 5.82 Å². The van der Waals surface area contributed by atoms with Gasteiger partial charge in [0, 0.05) is 50.8 Å². The molecule has 7 nitrogen and oxygen atoms in total. The minimum atomic E-state index is 0.0956. The average molecular weight is 338 g/mol. The zero-order chi connectivity index (χ0) is 16.8. The van der Waals surface area contributed by atoms with Gasteiger partial charge in [0.05, 0.1) is 17.8 Å². The van der Waals surface area contributed by atoms with Crippen molar-refractivity contribution in [3.05, 3.63) is 35.7 Å². The second kappa shape index (κ2) is 5.84. The second-order valence-corrected chi connectivity index (χ2v) is 7.03. The van der Waals surface area contributed by atoms with Gasteiger partial charge in [0.25, 0.3) is 0 Å². The minimum absolute atomic E-state index is 0.0956. The molecule has 5 heterocycles. The summed E-state index contributed by atoms with van der Waals surface area (Å²) >= 11 is 0. The Kier molecular flexibility index (Phi) is 3.48. The Labute approximate surface area is 146 Å². The summed E-state index contributed by atoms with van der Waals surface area (Å²) in [4.78, 5) is 21.6. The van der Waals surface area contributed by atoms with Crippen LogP contribution in [0.1, 0.15) is 11.3 Å². The second-order valence-electron chi connectivity index (χ2n) is 7.03. The van der Waals surface area contributed by atoms with Crippen molar-refractivity contribution in [2.45, 2.75) is 12.8 Å². The van der Waals surface area contributed by atoms with Crippen molar-refractivity contribution < 1.29 is 4.79 Å². The Morgan fingerprint density at radius 3 is 2.80 bits per heavy atom. The molecule has 0 aliphatic carbocycles. The lowest BCUT2D eigenvalue weighted by atomic mass is 9.96. The van der Waals surface area contributed by atoms with Crippen LogP contribution in [0.25, 0.3) is 5.65 Å². The fourth-order valence-electron chi connectivity index (χ4n) is 4.06. The summed E-state index contributed by atoms with van der Waals surface area (Å²) in [6.45, 7) is 4.99. The molecule has 0 aromatic carbocycles. The molecular weight excluding hydrogens is 316 g/mol. The van der Waals surface area contributed by atoms with Gasteiger partial charge in [0.2, 0.25) is 5.91 Å². The third-order valence-corrected chi connectivity index (χ3v) is 5.44. The largest absolute Gasteiger partial charge is 0.354 e. The van der Waals surface area contributed by atoms with Gasteiger partial charge in [-0.1, -0.05) is 12.2 Å². The van der Waals surface area contributed by atoms with Gasteiger partial charge in [0.15, 0.2) is 5.65 Å². The maximum atomic E-state index is 12.6. The van der Waals surface area contributed by atoms with Crippen molar-refractivity contribution in [2.75, 3.05) is 44.2 Å². The molecule has 7 heteroatoms. The number of hydrogen-bond donors (Lipinski definition) is 1. The summed E-state index contributed by atoms with van der Waals surface area (Å²) in [7, 11) is 0. The Bertz CT molecular complexity index is 843. The highest BCUT2D eigenvalue weighted by Crippen LogP contribution is 2.32. The lowest BCUT2D eigenvalue weighted by molar-refractivity contribution is -0.134. The third-order valence-electron chi connectivity index (χ3n) is 5.44. The Morgan fingerprint density at radius 1 is 1.16 bits per heavy atom. The number of aromatic nitrogens is 3. The van der Waals surface area contributed by atoms with Crippen LogP contribution >= 0.6 is 0 Å². The molecule has 0 unspecified atom stereocenters. The lowest BCUT2D eigenvalue weighted by Crippen LogP contribution is -2.55. The van der Waals surface area contributed by atoms with Crippen molar-refractivity contribution in [1.29, 1.82) is 0 Å². The van der Waals surface area contributed by atoms with Crippen molar-refractivity contribution >= 4 is 17.4 Å². The van der Waals surface area contributed by atoms with E-state index in [1.54, 1.807) is 0 Å². The predicted octanol–water partition coefficient (Wildman–Crippen LogP) is 0.252. The van der Waals surface area contributed by atoms with Gasteiger partial charge in [-0.3, -0.25) is 4.79 Å². The highest BCUT2D eigenvalue weighted by molar-refractivity contribution is 5.83. The van der Waals surface area contributed by atoms with E-state index in [0.717, 1.165) is 63.6 Å². The normalized spacial score (nSPS) is 20.6. The van der Waals surface area contributed by atoms with Crippen LogP contribution < -0.4 is 10.2 Å². The number of anilines is 1. The fourth-order valence-corrected chi connectivity index (χ4v) is 4.06. The Morgan fingerprint density at radius 2 is 1.96 bits per heavy atom. The minimum Gasteiger partial charge on any atom is -0.354 e. The number of nitrogens with one attached hydrogen (secondary N) is 1. The molecule has 1 fully saturated rings. The van der Waals surface area contributed by atoms with Crippen LogP contribution in [0.15, 0.2) is 24.4 Å². The Hall–Kier alpha value is -2.41. The molecule has 1 N–H and O–H groups in total. The Balaban J connectivity index is 1.44. The number of amides is 1. The first-order chi connectivity index (χ1) is 12.3. The monoisotopic (exact) mass is 338 g/mol. The van der Waals surface area contributed by atoms with Crippen molar-refractivity contribution in [1.82, 2.24) is 24.8 Å². The number of carbonyl (C=O) groups excluding carboxylic acids is 1. The summed E-state index contributed by atoms with van der Waals surface area (Å²) in [5.74, 6) is 1.51. The molecule has 0 bridgehead atoms. The van der Waals surface area contributed by atoms with E-state index in [9.17, 15) is 4.79 Å². The van der Waals surface area contributed by atoms with Crippen LogP contribution in [0.3, 0.4) is 0 Å². The first kappa shape index (κ1) is 14.9. The topological polar surface area (TPSA) is 65.8 Å². The molecule has 2 aromatic heterocycles. The number of nitrogens with zero attached hydrogens (tertiary/aromatic N) is 5. The van der Waals surface area contributed by atoms with Gasteiger partial charge < -0.3 is 15.1 Å². The van der Waals surface area contributed by atoms with E-state index >= 15 is 0 Å². The summed E-state index contributed by atoms with van der Waals surface area (Å²) < 4.78 is 1.95. The molecule has 0 saturated carbocycles. The van der Waals surface area contributed by atoms with E-state index in [1.807, 2.05) is 21.7 Å². The fraction of sp³-hybridized carbons (Fsp3) is 0.500. The van der Waals surface area contributed by atoms with E-state index in [0.29, 0.717) is 0 Å². The molecule has 3 aliphatic rings. The summed E-state index contributed by atoms with van der Waals surface area (Å²) in [5, 5.41) is 7.95. The molecule has 2 aromatic rings. The molecule has 5 rings (SSSR count). The van der Waals surface area contributed by atoms with Crippen molar-refractivity contribution in [2.24, 2.45) is 5.92 Å². The molecule has 0 radical (unpaired) electrons. The molecule has 25 heavy (non-hydrogen) atoms. The van der Waals surface area contributed by atoms with E-state index in [4.69, 9.17) is 4.98 Å². The first-order valence-electron chi connectivity index (χ1n) is 9.06. The maximum absolute atomic E-state index is 12.6. The van der Waals surface area contributed by atoms with E-state index in [-0.39, 0.29) is 11.8 Å². The van der Waals surface area contributed by atoms with Gasteiger partial charge in [-0.25, -0.2) is 4.98 Å². The first-order valence-corrected chi connectivity index (χ1v) is 9.06. The van der Waals surface area contributed by atoms with Gasteiger partial charge in [-0.15, -0.1) is 0 Å². The third kappa shape index (κ3) is 2.41. The number of rotatable bonds is 2. The van der Waals surface area contributed by atoms with Crippen molar-refractivity contribution in [3.8, 4) is 0 Å². The average Bonchev–Trinajstić information content (AvgIpc) is 3.20. The summed E-state index contributed by atoms with van der Waals surface area (Å²) in [6, 6.07) is 1.96. The van der Waals surface area contributed by atoms with Crippen LogP contribution in [0.5, 0.6) is 0 Å². The molecule has 1 saturated heterocycles. The molecule has 0 atom stereocenters. The zero-order valence-electron chi connectivity index (χ0n) is 14.2. The SMILES string of the molecule is O=C(C1CN(c2c3c(nc4ccnn24)CCNCC3)C1)N1CC=CC1. The zero-order valence-corrected chi connectivity index (χ0v) is 14.2. The highest BCUT2D eigenvalue weighted by Gasteiger charge is 2.38. The van der Waals surface area contributed by atoms with E-state index in [1.165, 1.54) is 11.3 Å². The van der Waals surface area contributed by atoms with Gasteiger partial charge in [-0.2, -0.15) is 9.61 Å². The van der Waals surface area contributed by atoms with Crippen LogP contribution in [0, 0.1) is 5.92 Å². The number of hydrogen-bond acceptors (Lipinski definition) is 5. The van der Waals surface area contributed by atoms with E-state index < -0.39 is 0 Å². The summed E-state index contributed by atoms with van der Waals surface area (Å²) in [6.07, 6.45) is 7.84. The molecule has 3 aliphatic heterocycles. The van der Waals surface area contributed by atoms with Crippen LogP contribution in [0.2, 0.25) is 0 Å².